The number of nitrogens with two attached hydrogens (primary N) is 1. The van der Waals surface area contributed by atoms with E-state index in [2.05, 4.69) is 16.4 Å². The molecule has 0 aliphatic rings. The molecule has 2 aromatic carbocycles. The van der Waals surface area contributed by atoms with E-state index >= 15 is 0 Å². The Morgan fingerprint density at radius 1 is 1.14 bits per heavy atom. The minimum atomic E-state index is -0.299. The van der Waals surface area contributed by atoms with Crippen molar-refractivity contribution < 1.29 is 14.3 Å². The molecule has 0 aliphatic carbocycles. The van der Waals surface area contributed by atoms with Gasteiger partial charge in [-0.15, -0.1) is 0 Å². The van der Waals surface area contributed by atoms with Crippen LogP contribution in [0.1, 0.15) is 11.1 Å². The van der Waals surface area contributed by atoms with Crippen LogP contribution in [0.15, 0.2) is 54.6 Å². The summed E-state index contributed by atoms with van der Waals surface area (Å²) in [6.07, 6.45) is 0.0582. The average Bonchev–Trinajstić information content (AvgIpc) is 2.73. The van der Waals surface area contributed by atoms with Crippen LogP contribution >= 0.6 is 0 Å². The SMILES string of the molecule is COc1ccc(OC)c(CC(=O)Nc2cc(N)c(C#N)c(-c3ccccc3)n2)c1. The number of hydrogen-bond acceptors (Lipinski definition) is 6. The van der Waals surface area contributed by atoms with Crippen LogP contribution < -0.4 is 20.5 Å². The Bertz CT molecular complexity index is 1080. The quantitative estimate of drug-likeness (QED) is 0.670. The van der Waals surface area contributed by atoms with Gasteiger partial charge < -0.3 is 20.5 Å². The van der Waals surface area contributed by atoms with E-state index in [9.17, 15) is 10.1 Å². The Morgan fingerprint density at radius 3 is 2.55 bits per heavy atom. The number of anilines is 2. The zero-order chi connectivity index (χ0) is 20.8. The van der Waals surface area contributed by atoms with Gasteiger partial charge in [0, 0.05) is 17.2 Å². The summed E-state index contributed by atoms with van der Waals surface area (Å²) in [4.78, 5) is 17.1. The first-order valence-electron chi connectivity index (χ1n) is 8.82. The number of nitriles is 1. The van der Waals surface area contributed by atoms with Crippen molar-refractivity contribution in [2.75, 3.05) is 25.3 Å². The van der Waals surface area contributed by atoms with Gasteiger partial charge in [-0.25, -0.2) is 4.98 Å². The number of nitrogen functional groups attached to an aromatic ring is 1. The molecule has 0 bridgehead atoms. The normalized spacial score (nSPS) is 10.1. The molecule has 146 valence electrons. The van der Waals surface area contributed by atoms with Crippen molar-refractivity contribution in [3.63, 3.8) is 0 Å². The summed E-state index contributed by atoms with van der Waals surface area (Å²) in [6, 6.07) is 18.0. The Morgan fingerprint density at radius 2 is 1.90 bits per heavy atom. The lowest BCUT2D eigenvalue weighted by Crippen LogP contribution is -2.16. The lowest BCUT2D eigenvalue weighted by atomic mass is 10.0. The van der Waals surface area contributed by atoms with Crippen molar-refractivity contribution >= 4 is 17.4 Å². The van der Waals surface area contributed by atoms with Crippen LogP contribution in [0.5, 0.6) is 11.5 Å². The van der Waals surface area contributed by atoms with E-state index in [1.54, 1.807) is 25.3 Å². The van der Waals surface area contributed by atoms with Crippen LogP contribution in [0.2, 0.25) is 0 Å². The van der Waals surface area contributed by atoms with Crippen molar-refractivity contribution in [2.24, 2.45) is 0 Å². The highest BCUT2D eigenvalue weighted by Crippen LogP contribution is 2.28. The fourth-order valence-corrected chi connectivity index (χ4v) is 2.93. The van der Waals surface area contributed by atoms with Gasteiger partial charge in [-0.05, 0) is 18.2 Å². The average molecular weight is 388 g/mol. The van der Waals surface area contributed by atoms with Gasteiger partial charge >= 0.3 is 0 Å². The fourth-order valence-electron chi connectivity index (χ4n) is 2.93. The molecule has 29 heavy (non-hydrogen) atoms. The molecule has 1 amide bonds. The number of carbonyl (C=O) groups is 1. The summed E-state index contributed by atoms with van der Waals surface area (Å²) >= 11 is 0. The predicted molar refractivity (Wildman–Crippen MR) is 111 cm³/mol. The van der Waals surface area contributed by atoms with E-state index in [0.29, 0.717) is 22.8 Å². The van der Waals surface area contributed by atoms with E-state index < -0.39 is 0 Å². The topological polar surface area (TPSA) is 110 Å². The Hall–Kier alpha value is -4.05. The maximum absolute atomic E-state index is 12.6. The van der Waals surface area contributed by atoms with Gasteiger partial charge in [0.1, 0.15) is 28.9 Å². The number of ether oxygens (including phenoxy) is 2. The van der Waals surface area contributed by atoms with Crippen LogP contribution in [0.25, 0.3) is 11.3 Å². The molecule has 3 rings (SSSR count). The molecule has 0 unspecified atom stereocenters. The Kier molecular flexibility index (Phi) is 5.95. The smallest absolute Gasteiger partial charge is 0.230 e. The third-order valence-electron chi connectivity index (χ3n) is 4.32. The number of amides is 1. The number of pyridine rings is 1. The number of aromatic nitrogens is 1. The maximum atomic E-state index is 12.6. The zero-order valence-electron chi connectivity index (χ0n) is 16.1. The van der Waals surface area contributed by atoms with Crippen LogP contribution in [0.4, 0.5) is 11.5 Å². The second kappa shape index (κ2) is 8.76. The predicted octanol–water partition coefficient (Wildman–Crippen LogP) is 3.40. The highest BCUT2D eigenvalue weighted by atomic mass is 16.5. The largest absolute Gasteiger partial charge is 0.497 e. The third kappa shape index (κ3) is 4.45. The number of nitrogens with zero attached hydrogens (tertiary/aromatic N) is 2. The Labute approximate surface area is 168 Å². The minimum Gasteiger partial charge on any atom is -0.497 e. The molecule has 0 fully saturated rings. The molecule has 0 atom stereocenters. The number of carbonyl (C=O) groups excluding carboxylic acids is 1. The number of hydrogen-bond donors (Lipinski definition) is 2. The summed E-state index contributed by atoms with van der Waals surface area (Å²) in [6.45, 7) is 0. The summed E-state index contributed by atoms with van der Waals surface area (Å²) in [5, 5.41) is 12.2. The highest BCUT2D eigenvalue weighted by molar-refractivity contribution is 5.93. The van der Waals surface area contributed by atoms with Crippen molar-refractivity contribution in [3.8, 4) is 28.8 Å². The lowest BCUT2D eigenvalue weighted by Gasteiger charge is -2.12. The first-order chi connectivity index (χ1) is 14.0. The molecule has 0 aliphatic heterocycles. The summed E-state index contributed by atoms with van der Waals surface area (Å²) in [5.41, 5.74) is 8.38. The van der Waals surface area contributed by atoms with E-state index in [4.69, 9.17) is 15.2 Å². The molecule has 1 heterocycles. The third-order valence-corrected chi connectivity index (χ3v) is 4.32. The van der Waals surface area contributed by atoms with E-state index in [1.165, 1.54) is 13.2 Å². The highest BCUT2D eigenvalue weighted by Gasteiger charge is 2.15. The van der Waals surface area contributed by atoms with E-state index in [1.807, 2.05) is 30.3 Å². The molecule has 0 spiro atoms. The zero-order valence-corrected chi connectivity index (χ0v) is 16.1. The number of methoxy groups -OCH3 is 2. The lowest BCUT2D eigenvalue weighted by molar-refractivity contribution is -0.115. The first-order valence-corrected chi connectivity index (χ1v) is 8.82. The van der Waals surface area contributed by atoms with Gasteiger partial charge in [0.25, 0.3) is 0 Å². The molecule has 0 radical (unpaired) electrons. The number of nitrogens with one attached hydrogen (secondary N) is 1. The molecule has 1 aromatic heterocycles. The molecule has 7 nitrogen and oxygen atoms in total. The molecule has 0 saturated carbocycles. The monoisotopic (exact) mass is 388 g/mol. The minimum absolute atomic E-state index is 0.0582. The standard InChI is InChI=1S/C22H20N4O3/c1-28-16-8-9-19(29-2)15(10-16)11-21(27)25-20-12-18(24)17(13-23)22(26-20)14-6-4-3-5-7-14/h3-10,12H,11H2,1-2H3,(H3,24,25,26,27). The van der Waals surface area contributed by atoms with Crippen LogP contribution in [-0.4, -0.2) is 25.1 Å². The number of benzene rings is 2. The van der Waals surface area contributed by atoms with Crippen molar-refractivity contribution in [1.82, 2.24) is 4.98 Å². The molecular formula is C22H20N4O3. The second-order valence-corrected chi connectivity index (χ2v) is 6.20. The van der Waals surface area contributed by atoms with Crippen molar-refractivity contribution in [3.05, 3.63) is 65.7 Å². The van der Waals surface area contributed by atoms with Gasteiger partial charge in [-0.3, -0.25) is 4.79 Å². The van der Waals surface area contributed by atoms with Crippen LogP contribution in [-0.2, 0) is 11.2 Å². The molecule has 7 heteroatoms. The second-order valence-electron chi connectivity index (χ2n) is 6.20. The van der Waals surface area contributed by atoms with Gasteiger partial charge in [0.15, 0.2) is 0 Å². The van der Waals surface area contributed by atoms with Crippen LogP contribution in [0, 0.1) is 11.3 Å². The molecular weight excluding hydrogens is 368 g/mol. The van der Waals surface area contributed by atoms with E-state index in [0.717, 1.165) is 5.56 Å². The summed E-state index contributed by atoms with van der Waals surface area (Å²) in [5.74, 6) is 1.18. The van der Waals surface area contributed by atoms with Gasteiger partial charge in [0.2, 0.25) is 5.91 Å². The van der Waals surface area contributed by atoms with Crippen molar-refractivity contribution in [1.29, 1.82) is 5.26 Å². The summed E-state index contributed by atoms with van der Waals surface area (Å²) < 4.78 is 10.5. The summed E-state index contributed by atoms with van der Waals surface area (Å²) in [7, 11) is 3.10. The first kappa shape index (κ1) is 19.7. The maximum Gasteiger partial charge on any atom is 0.230 e. The van der Waals surface area contributed by atoms with E-state index in [-0.39, 0.29) is 29.4 Å². The molecule has 3 aromatic rings. The van der Waals surface area contributed by atoms with Gasteiger partial charge in [-0.1, -0.05) is 30.3 Å². The van der Waals surface area contributed by atoms with Gasteiger partial charge in [-0.2, -0.15) is 5.26 Å². The fraction of sp³-hybridized carbons (Fsp3) is 0.136. The molecule has 0 saturated heterocycles. The van der Waals surface area contributed by atoms with Crippen LogP contribution in [0.3, 0.4) is 0 Å². The van der Waals surface area contributed by atoms with Crippen molar-refractivity contribution in [2.45, 2.75) is 6.42 Å². The molecule has 3 N–H and O–H groups in total. The van der Waals surface area contributed by atoms with Gasteiger partial charge in [0.05, 0.1) is 32.0 Å². The number of rotatable bonds is 6. The Balaban J connectivity index is 1.88.